The molecule has 0 atom stereocenters. The lowest BCUT2D eigenvalue weighted by Gasteiger charge is -2.33. The molecule has 0 aromatic carbocycles. The van der Waals surface area contributed by atoms with Crippen molar-refractivity contribution in [3.8, 4) is 10.6 Å². The number of carbonyl (C=O) groups excluding carboxylic acids is 2. The van der Waals surface area contributed by atoms with Gasteiger partial charge in [-0.25, -0.2) is 0 Å². The van der Waals surface area contributed by atoms with Crippen LogP contribution in [0.5, 0.6) is 0 Å². The van der Waals surface area contributed by atoms with Crippen LogP contribution >= 0.6 is 23.7 Å². The molecule has 12 heteroatoms. The van der Waals surface area contributed by atoms with Gasteiger partial charge in [0, 0.05) is 58.2 Å². The highest BCUT2D eigenvalue weighted by Crippen LogP contribution is 2.25. The van der Waals surface area contributed by atoms with Crippen molar-refractivity contribution >= 4 is 35.6 Å². The lowest BCUT2D eigenvalue weighted by molar-refractivity contribution is -0.130. The summed E-state index contributed by atoms with van der Waals surface area (Å²) in [6.45, 7) is 8.45. The fourth-order valence-corrected chi connectivity index (χ4v) is 4.46. The first kappa shape index (κ1) is 25.9. The molecular weight excluding hydrogens is 480 g/mol. The summed E-state index contributed by atoms with van der Waals surface area (Å²) in [6, 6.07) is 5.57. The number of carbonyl (C=O) groups is 2. The second-order valence-electron chi connectivity index (χ2n) is 7.79. The van der Waals surface area contributed by atoms with Crippen LogP contribution in [0.15, 0.2) is 32.6 Å². The summed E-state index contributed by atoms with van der Waals surface area (Å²) < 4.78 is 10.6. The number of aryl methyl sites for hydroxylation is 1. The molecule has 3 aromatic rings. The summed E-state index contributed by atoms with van der Waals surface area (Å²) >= 11 is 1.54. The van der Waals surface area contributed by atoms with Gasteiger partial charge in [0.15, 0.2) is 17.3 Å². The van der Waals surface area contributed by atoms with Crippen LogP contribution in [0.3, 0.4) is 0 Å². The Kier molecular flexibility index (Phi) is 9.20. The Hall–Kier alpha value is -2.76. The van der Waals surface area contributed by atoms with E-state index in [0.29, 0.717) is 81.8 Å². The monoisotopic (exact) mass is 508 g/mol. The van der Waals surface area contributed by atoms with Crippen LogP contribution in [0.1, 0.15) is 42.5 Å². The van der Waals surface area contributed by atoms with Crippen LogP contribution in [-0.4, -0.2) is 81.1 Å². The largest absolute Gasteiger partial charge is 0.355 e. The lowest BCUT2D eigenvalue weighted by Crippen LogP contribution is -2.48. The van der Waals surface area contributed by atoms with Crippen molar-refractivity contribution in [1.29, 1.82) is 0 Å². The summed E-state index contributed by atoms with van der Waals surface area (Å²) in [5.41, 5.74) is 0.328. The molecule has 2 amide bonds. The second-order valence-corrected chi connectivity index (χ2v) is 8.74. The first-order chi connectivity index (χ1) is 16.1. The van der Waals surface area contributed by atoms with Crippen molar-refractivity contribution in [3.63, 3.8) is 0 Å². The zero-order valence-electron chi connectivity index (χ0n) is 19.3. The van der Waals surface area contributed by atoms with Crippen molar-refractivity contribution in [3.05, 3.63) is 41.0 Å². The molecule has 0 aliphatic carbocycles. The van der Waals surface area contributed by atoms with Crippen LogP contribution in [0.25, 0.3) is 10.6 Å². The molecule has 4 heterocycles. The molecule has 0 unspecified atom stereocenters. The molecular formula is C22H29ClN6O4S. The molecule has 0 bridgehead atoms. The van der Waals surface area contributed by atoms with E-state index >= 15 is 0 Å². The number of halogens is 1. The SMILES string of the molecule is CCN(CC)C(=O)CCc1nc(CN2CCN(C(=O)c3cc(-c4cccs4)on3)CC2)no1.Cl. The maximum atomic E-state index is 12.8. The Morgan fingerprint density at radius 2 is 1.88 bits per heavy atom. The Balaban J connectivity index is 0.00000324. The molecule has 34 heavy (non-hydrogen) atoms. The summed E-state index contributed by atoms with van der Waals surface area (Å²) in [6.07, 6.45) is 0.802. The summed E-state index contributed by atoms with van der Waals surface area (Å²) in [4.78, 5) is 36.1. The van der Waals surface area contributed by atoms with Crippen molar-refractivity contribution in [1.82, 2.24) is 30.0 Å². The highest BCUT2D eigenvalue weighted by molar-refractivity contribution is 7.13. The van der Waals surface area contributed by atoms with Gasteiger partial charge in [-0.2, -0.15) is 4.98 Å². The minimum atomic E-state index is -0.124. The number of aromatic nitrogens is 3. The van der Waals surface area contributed by atoms with Gasteiger partial charge in [-0.1, -0.05) is 16.4 Å². The topological polar surface area (TPSA) is 109 Å². The van der Waals surface area contributed by atoms with E-state index in [-0.39, 0.29) is 24.2 Å². The Bertz CT molecular complexity index is 1060. The predicted octanol–water partition coefficient (Wildman–Crippen LogP) is 2.97. The van der Waals surface area contributed by atoms with Gasteiger partial charge in [0.05, 0.1) is 11.4 Å². The third kappa shape index (κ3) is 6.22. The number of amides is 2. The maximum Gasteiger partial charge on any atom is 0.276 e. The number of piperazine rings is 1. The van der Waals surface area contributed by atoms with E-state index in [2.05, 4.69) is 20.2 Å². The molecule has 1 fully saturated rings. The number of rotatable bonds is 9. The average Bonchev–Trinajstić information content (AvgIpc) is 3.60. The first-order valence-corrected chi connectivity index (χ1v) is 12.1. The van der Waals surface area contributed by atoms with E-state index in [1.165, 1.54) is 0 Å². The van der Waals surface area contributed by atoms with Crippen LogP contribution in [0, 0.1) is 0 Å². The van der Waals surface area contributed by atoms with Gasteiger partial charge in [0.1, 0.15) is 0 Å². The number of hydrogen-bond acceptors (Lipinski definition) is 9. The summed E-state index contributed by atoms with van der Waals surface area (Å²) in [5, 5.41) is 9.96. The van der Waals surface area contributed by atoms with E-state index in [4.69, 9.17) is 9.05 Å². The maximum absolute atomic E-state index is 12.8. The average molecular weight is 509 g/mol. The van der Waals surface area contributed by atoms with Gasteiger partial charge < -0.3 is 18.8 Å². The smallest absolute Gasteiger partial charge is 0.276 e. The van der Waals surface area contributed by atoms with Gasteiger partial charge in [-0.05, 0) is 25.3 Å². The van der Waals surface area contributed by atoms with Gasteiger partial charge in [-0.15, -0.1) is 23.7 Å². The van der Waals surface area contributed by atoms with Gasteiger partial charge in [-0.3, -0.25) is 14.5 Å². The molecule has 1 saturated heterocycles. The molecule has 0 N–H and O–H groups in total. The molecule has 4 rings (SSSR count). The van der Waals surface area contributed by atoms with Crippen molar-refractivity contribution in [2.45, 2.75) is 33.2 Å². The fraction of sp³-hybridized carbons (Fsp3) is 0.500. The molecule has 3 aromatic heterocycles. The Labute approximate surface area is 208 Å². The van der Waals surface area contributed by atoms with Gasteiger partial charge >= 0.3 is 0 Å². The molecule has 0 spiro atoms. The van der Waals surface area contributed by atoms with Crippen LogP contribution in [0.2, 0.25) is 0 Å². The van der Waals surface area contributed by atoms with Gasteiger partial charge in [0.25, 0.3) is 5.91 Å². The Morgan fingerprint density at radius 3 is 2.56 bits per heavy atom. The molecule has 1 aliphatic heterocycles. The number of nitrogens with zero attached hydrogens (tertiary/aromatic N) is 6. The summed E-state index contributed by atoms with van der Waals surface area (Å²) in [5.74, 6) is 1.65. The van der Waals surface area contributed by atoms with E-state index in [1.54, 1.807) is 27.2 Å². The highest BCUT2D eigenvalue weighted by atomic mass is 35.5. The normalized spacial score (nSPS) is 14.1. The first-order valence-electron chi connectivity index (χ1n) is 11.2. The van der Waals surface area contributed by atoms with Crippen molar-refractivity contribution < 1.29 is 18.6 Å². The second kappa shape index (κ2) is 12.1. The zero-order valence-corrected chi connectivity index (χ0v) is 20.9. The predicted molar refractivity (Wildman–Crippen MR) is 129 cm³/mol. The quantitative estimate of drug-likeness (QED) is 0.434. The van der Waals surface area contributed by atoms with Crippen LogP contribution < -0.4 is 0 Å². The van der Waals surface area contributed by atoms with E-state index in [0.717, 1.165) is 4.88 Å². The van der Waals surface area contributed by atoms with Gasteiger partial charge in [0.2, 0.25) is 11.8 Å². The number of thiophene rings is 1. The highest BCUT2D eigenvalue weighted by Gasteiger charge is 2.26. The molecule has 1 aliphatic rings. The standard InChI is InChI=1S/C22H28N6O4S.ClH/c1-3-27(4-2)21(29)8-7-20-23-19(25-32-20)15-26-9-11-28(12-10-26)22(30)16-14-17(31-24-16)18-6-5-13-33-18;/h5-6,13-14H,3-4,7-12,15H2,1-2H3;1H. The van der Waals surface area contributed by atoms with Crippen LogP contribution in [0.4, 0.5) is 0 Å². The van der Waals surface area contributed by atoms with E-state index in [1.807, 2.05) is 31.4 Å². The summed E-state index contributed by atoms with van der Waals surface area (Å²) in [7, 11) is 0. The zero-order chi connectivity index (χ0) is 23.2. The Morgan fingerprint density at radius 1 is 1.12 bits per heavy atom. The third-order valence-electron chi connectivity index (χ3n) is 5.70. The molecule has 0 radical (unpaired) electrons. The van der Waals surface area contributed by atoms with Crippen molar-refractivity contribution in [2.75, 3.05) is 39.3 Å². The minimum Gasteiger partial charge on any atom is -0.355 e. The minimum absolute atomic E-state index is 0. The third-order valence-corrected chi connectivity index (χ3v) is 6.58. The van der Waals surface area contributed by atoms with E-state index in [9.17, 15) is 9.59 Å². The fourth-order valence-electron chi connectivity index (χ4n) is 3.79. The van der Waals surface area contributed by atoms with Crippen LogP contribution in [-0.2, 0) is 17.8 Å². The molecule has 10 nitrogen and oxygen atoms in total. The lowest BCUT2D eigenvalue weighted by atomic mass is 10.2. The number of hydrogen-bond donors (Lipinski definition) is 0. The van der Waals surface area contributed by atoms with Crippen molar-refractivity contribution in [2.24, 2.45) is 0 Å². The molecule has 184 valence electrons. The van der Waals surface area contributed by atoms with E-state index < -0.39 is 0 Å². The molecule has 0 saturated carbocycles.